The lowest BCUT2D eigenvalue weighted by Gasteiger charge is -2.23. The van der Waals surface area contributed by atoms with Gasteiger partial charge in [0.25, 0.3) is 0 Å². The van der Waals surface area contributed by atoms with Gasteiger partial charge in [-0.15, -0.1) is 11.3 Å². The van der Waals surface area contributed by atoms with Crippen LogP contribution in [0.4, 0.5) is 0 Å². The predicted octanol–water partition coefficient (Wildman–Crippen LogP) is 4.57. The fourth-order valence-electron chi connectivity index (χ4n) is 2.46. The number of hydrogen-bond donors (Lipinski definition) is 1. The van der Waals surface area contributed by atoms with Crippen molar-refractivity contribution in [3.63, 3.8) is 0 Å². The molecule has 2 unspecified atom stereocenters. The van der Waals surface area contributed by atoms with E-state index in [1.54, 1.807) is 25.6 Å². The third kappa shape index (κ3) is 3.77. The third-order valence-corrected chi connectivity index (χ3v) is 4.64. The summed E-state index contributed by atoms with van der Waals surface area (Å²) in [7, 11) is 3.36. The lowest BCUT2D eigenvalue weighted by atomic mass is 10.0. The van der Waals surface area contributed by atoms with Crippen LogP contribution in [-0.4, -0.2) is 14.2 Å². The number of benzene rings is 1. The standard InChI is InChI=1S/C17H23NO2S/c1-5-15(17-7-6-10-21-17)18-12(2)14-9-8-13(19-3)11-16(14)20-4/h6-12,15,18H,5H2,1-4H3. The van der Waals surface area contributed by atoms with Crippen LogP contribution < -0.4 is 14.8 Å². The van der Waals surface area contributed by atoms with Crippen LogP contribution >= 0.6 is 11.3 Å². The molecule has 0 saturated heterocycles. The molecule has 1 aromatic carbocycles. The Morgan fingerprint density at radius 2 is 2.00 bits per heavy atom. The Hall–Kier alpha value is -1.52. The van der Waals surface area contributed by atoms with E-state index in [2.05, 4.69) is 42.7 Å². The van der Waals surface area contributed by atoms with Crippen molar-refractivity contribution in [2.75, 3.05) is 14.2 Å². The summed E-state index contributed by atoms with van der Waals surface area (Å²) in [5.41, 5.74) is 1.15. The van der Waals surface area contributed by atoms with E-state index >= 15 is 0 Å². The van der Waals surface area contributed by atoms with Crippen molar-refractivity contribution in [1.29, 1.82) is 0 Å². The van der Waals surface area contributed by atoms with Gasteiger partial charge in [-0.25, -0.2) is 0 Å². The monoisotopic (exact) mass is 305 g/mol. The molecule has 0 aliphatic heterocycles. The maximum atomic E-state index is 5.50. The van der Waals surface area contributed by atoms with Gasteiger partial charge in [-0.1, -0.05) is 19.1 Å². The molecule has 0 spiro atoms. The van der Waals surface area contributed by atoms with Crippen LogP contribution in [0.2, 0.25) is 0 Å². The minimum atomic E-state index is 0.206. The Labute approximate surface area is 130 Å². The van der Waals surface area contributed by atoms with Crippen LogP contribution in [0.15, 0.2) is 35.7 Å². The summed E-state index contributed by atoms with van der Waals surface area (Å²) < 4.78 is 10.8. The van der Waals surface area contributed by atoms with Crippen LogP contribution in [0.5, 0.6) is 11.5 Å². The fourth-order valence-corrected chi connectivity index (χ4v) is 3.33. The molecule has 0 radical (unpaired) electrons. The van der Waals surface area contributed by atoms with Gasteiger partial charge in [-0.3, -0.25) is 0 Å². The molecule has 2 atom stereocenters. The van der Waals surface area contributed by atoms with E-state index in [1.807, 2.05) is 12.1 Å². The van der Waals surface area contributed by atoms with Crippen LogP contribution in [0.1, 0.15) is 42.8 Å². The number of hydrogen-bond acceptors (Lipinski definition) is 4. The lowest BCUT2D eigenvalue weighted by Crippen LogP contribution is -2.24. The minimum Gasteiger partial charge on any atom is -0.497 e. The van der Waals surface area contributed by atoms with Gasteiger partial charge in [0.1, 0.15) is 11.5 Å². The van der Waals surface area contributed by atoms with E-state index in [0.717, 1.165) is 23.5 Å². The summed E-state index contributed by atoms with van der Waals surface area (Å²) in [6.45, 7) is 4.37. The highest BCUT2D eigenvalue weighted by Gasteiger charge is 2.17. The molecule has 114 valence electrons. The molecule has 0 saturated carbocycles. The smallest absolute Gasteiger partial charge is 0.127 e. The van der Waals surface area contributed by atoms with E-state index in [1.165, 1.54) is 4.88 Å². The highest BCUT2D eigenvalue weighted by Crippen LogP contribution is 2.32. The van der Waals surface area contributed by atoms with Gasteiger partial charge >= 0.3 is 0 Å². The Morgan fingerprint density at radius 1 is 1.19 bits per heavy atom. The van der Waals surface area contributed by atoms with Crippen molar-refractivity contribution in [2.45, 2.75) is 32.4 Å². The van der Waals surface area contributed by atoms with Gasteiger partial charge in [0.2, 0.25) is 0 Å². The number of nitrogens with one attached hydrogen (secondary N) is 1. The average molecular weight is 305 g/mol. The summed E-state index contributed by atoms with van der Waals surface area (Å²) >= 11 is 1.80. The van der Waals surface area contributed by atoms with Crippen molar-refractivity contribution in [1.82, 2.24) is 5.32 Å². The summed E-state index contributed by atoms with van der Waals surface area (Å²) in [5.74, 6) is 1.67. The number of thiophene rings is 1. The highest BCUT2D eigenvalue weighted by molar-refractivity contribution is 7.10. The Balaban J connectivity index is 2.17. The van der Waals surface area contributed by atoms with Gasteiger partial charge < -0.3 is 14.8 Å². The first-order valence-electron chi connectivity index (χ1n) is 7.21. The first kappa shape index (κ1) is 15.9. The minimum absolute atomic E-state index is 0.206. The molecule has 1 heterocycles. The molecule has 2 rings (SSSR count). The normalized spacial score (nSPS) is 13.7. The third-order valence-electron chi connectivity index (χ3n) is 3.65. The zero-order valence-electron chi connectivity index (χ0n) is 13.1. The molecule has 0 bridgehead atoms. The van der Waals surface area contributed by atoms with Crippen LogP contribution in [0.25, 0.3) is 0 Å². The van der Waals surface area contributed by atoms with Gasteiger partial charge in [0, 0.05) is 28.6 Å². The van der Waals surface area contributed by atoms with Crippen molar-refractivity contribution in [2.24, 2.45) is 0 Å². The van der Waals surface area contributed by atoms with E-state index in [9.17, 15) is 0 Å². The molecule has 0 aliphatic rings. The first-order valence-corrected chi connectivity index (χ1v) is 8.09. The number of rotatable bonds is 7. The average Bonchev–Trinajstić information content (AvgIpc) is 3.05. The molecule has 2 aromatic rings. The highest BCUT2D eigenvalue weighted by atomic mass is 32.1. The summed E-state index contributed by atoms with van der Waals surface area (Å²) in [5, 5.41) is 5.81. The van der Waals surface area contributed by atoms with Crippen LogP contribution in [0.3, 0.4) is 0 Å². The van der Waals surface area contributed by atoms with Gasteiger partial charge in [-0.05, 0) is 30.9 Å². The zero-order chi connectivity index (χ0) is 15.2. The molecular formula is C17H23NO2S. The fraction of sp³-hybridized carbons (Fsp3) is 0.412. The second-order valence-electron chi connectivity index (χ2n) is 4.97. The second kappa shape index (κ2) is 7.48. The maximum absolute atomic E-state index is 5.50. The lowest BCUT2D eigenvalue weighted by molar-refractivity contribution is 0.380. The van der Waals surface area contributed by atoms with Crippen LogP contribution in [-0.2, 0) is 0 Å². The first-order chi connectivity index (χ1) is 10.2. The summed E-state index contributed by atoms with van der Waals surface area (Å²) in [6.07, 6.45) is 1.06. The van der Waals surface area contributed by atoms with Crippen molar-refractivity contribution in [3.8, 4) is 11.5 Å². The van der Waals surface area contributed by atoms with Crippen molar-refractivity contribution in [3.05, 3.63) is 46.2 Å². The van der Waals surface area contributed by atoms with E-state index in [4.69, 9.17) is 9.47 Å². The molecule has 0 fully saturated rings. The van der Waals surface area contributed by atoms with Crippen molar-refractivity contribution < 1.29 is 9.47 Å². The Bertz CT molecular complexity index is 554. The topological polar surface area (TPSA) is 30.5 Å². The molecule has 3 nitrogen and oxygen atoms in total. The van der Waals surface area contributed by atoms with Crippen molar-refractivity contribution >= 4 is 11.3 Å². The molecule has 21 heavy (non-hydrogen) atoms. The predicted molar refractivity (Wildman–Crippen MR) is 88.4 cm³/mol. The molecule has 1 N–H and O–H groups in total. The molecule has 4 heteroatoms. The quantitative estimate of drug-likeness (QED) is 0.813. The maximum Gasteiger partial charge on any atom is 0.127 e. The van der Waals surface area contributed by atoms with Crippen LogP contribution in [0, 0.1) is 0 Å². The Kier molecular flexibility index (Phi) is 5.65. The molecule has 1 aromatic heterocycles. The molecule has 0 aliphatic carbocycles. The molecule has 0 amide bonds. The largest absolute Gasteiger partial charge is 0.497 e. The second-order valence-corrected chi connectivity index (χ2v) is 5.95. The van der Waals surface area contributed by atoms with E-state index < -0.39 is 0 Å². The summed E-state index contributed by atoms with van der Waals surface area (Å²) in [4.78, 5) is 1.37. The SMILES string of the molecule is CCC(NC(C)c1ccc(OC)cc1OC)c1cccs1. The zero-order valence-corrected chi connectivity index (χ0v) is 13.9. The van der Waals surface area contributed by atoms with Gasteiger partial charge in [0.05, 0.1) is 14.2 Å². The van der Waals surface area contributed by atoms with Gasteiger partial charge in [-0.2, -0.15) is 0 Å². The van der Waals surface area contributed by atoms with Gasteiger partial charge in [0.15, 0.2) is 0 Å². The number of ether oxygens (including phenoxy) is 2. The van der Waals surface area contributed by atoms with E-state index in [-0.39, 0.29) is 6.04 Å². The summed E-state index contributed by atoms with van der Waals surface area (Å²) in [6, 6.07) is 10.8. The number of methoxy groups -OCH3 is 2. The molecular weight excluding hydrogens is 282 g/mol. The van der Waals surface area contributed by atoms with E-state index in [0.29, 0.717) is 6.04 Å². The Morgan fingerprint density at radius 3 is 2.57 bits per heavy atom.